The highest BCUT2D eigenvalue weighted by Crippen LogP contribution is 2.51. The summed E-state index contributed by atoms with van der Waals surface area (Å²) in [5.74, 6) is -0.681. The Hall–Kier alpha value is -4.49. The first-order valence-electron chi connectivity index (χ1n) is 15.2. The van der Waals surface area contributed by atoms with Crippen LogP contribution in [0.4, 0.5) is 26.3 Å². The van der Waals surface area contributed by atoms with Crippen LogP contribution in [0.3, 0.4) is 0 Å². The van der Waals surface area contributed by atoms with Crippen molar-refractivity contribution in [1.82, 2.24) is 9.97 Å². The number of halogens is 6. The van der Waals surface area contributed by atoms with Gasteiger partial charge in [0.1, 0.15) is 11.5 Å². The summed E-state index contributed by atoms with van der Waals surface area (Å²) in [6, 6.07) is 18.7. The summed E-state index contributed by atoms with van der Waals surface area (Å²) in [5.41, 5.74) is -3.97. The molecule has 0 bridgehead atoms. The van der Waals surface area contributed by atoms with Gasteiger partial charge in [-0.15, -0.1) is 0 Å². The van der Waals surface area contributed by atoms with Gasteiger partial charge in [0.05, 0.1) is 0 Å². The Balaban J connectivity index is 1.11. The first kappa shape index (κ1) is 33.4. The molecule has 2 aromatic heterocycles. The van der Waals surface area contributed by atoms with Gasteiger partial charge in [0, 0.05) is 34.6 Å². The van der Waals surface area contributed by atoms with Gasteiger partial charge in [-0.3, -0.25) is 4.79 Å². The molecule has 2 fully saturated rings. The van der Waals surface area contributed by atoms with Crippen LogP contribution in [-0.2, 0) is 0 Å². The third-order valence-corrected chi connectivity index (χ3v) is 9.18. The van der Waals surface area contributed by atoms with Crippen molar-refractivity contribution in [1.29, 1.82) is 0 Å². The monoisotopic (exact) mass is 672 g/mol. The molecule has 0 amide bonds. The van der Waals surface area contributed by atoms with Crippen LogP contribution < -0.4 is 9.47 Å². The van der Waals surface area contributed by atoms with Gasteiger partial charge in [0.15, 0.2) is 17.0 Å². The fourth-order valence-corrected chi connectivity index (χ4v) is 6.43. The van der Waals surface area contributed by atoms with Crippen molar-refractivity contribution >= 4 is 5.78 Å². The van der Waals surface area contributed by atoms with E-state index in [4.69, 9.17) is 9.47 Å². The molecule has 2 aromatic carbocycles. The number of aromatic nitrogens is 2. The van der Waals surface area contributed by atoms with Gasteiger partial charge in [0.25, 0.3) is 0 Å². The van der Waals surface area contributed by atoms with Gasteiger partial charge >= 0.3 is 12.4 Å². The highest BCUT2D eigenvalue weighted by molar-refractivity contribution is 6.09. The first-order chi connectivity index (χ1) is 22.7. The topological polar surface area (TPSA) is 102 Å². The lowest BCUT2D eigenvalue weighted by Gasteiger charge is -2.26. The maximum Gasteiger partial charge on any atom is 0.417 e. The second-order valence-electron chi connectivity index (χ2n) is 12.3. The highest BCUT2D eigenvalue weighted by atomic mass is 19.4. The predicted octanol–water partition coefficient (Wildman–Crippen LogP) is 8.41. The molecule has 0 radical (unpaired) electrons. The smallest absolute Gasteiger partial charge is 0.417 e. The number of carbonyl (C=O) groups excluding carboxylic acids is 1. The quantitative estimate of drug-likeness (QED) is 0.143. The number of ether oxygens (including phenoxy) is 2. The van der Waals surface area contributed by atoms with Gasteiger partial charge in [-0.05, 0) is 111 Å². The lowest BCUT2D eigenvalue weighted by Crippen LogP contribution is -2.42. The number of hydrogen-bond acceptors (Lipinski definition) is 7. The molecule has 6 rings (SSSR count). The third-order valence-electron chi connectivity index (χ3n) is 9.18. The van der Waals surface area contributed by atoms with E-state index in [-0.39, 0.29) is 30.4 Å². The fraction of sp³-hybridized carbons (Fsp3) is 0.343. The van der Waals surface area contributed by atoms with Crippen molar-refractivity contribution < 1.29 is 50.8 Å². The van der Waals surface area contributed by atoms with Crippen LogP contribution in [0.1, 0.15) is 77.4 Å². The van der Waals surface area contributed by atoms with Gasteiger partial charge in [-0.25, -0.2) is 9.97 Å². The standard InChI is InChI=1S/C35H30F6N2O5/c36-34(37,38)32(45)15-13-23(19-32)27-3-1-17-42-30(27)47-25-9-5-21(6-10-25)29(44)22-7-11-26(12-8-22)48-31-28(4-2-18-43-31)24-14-16-33(46,20-24)35(39,40)41/h1-12,17-18,23-24,45-46H,13-16,19-20H2/t23-,24-,32-,33-/m0/s1. The molecule has 4 aromatic rings. The van der Waals surface area contributed by atoms with Crippen LogP contribution in [0, 0.1) is 0 Å². The molecule has 0 unspecified atom stereocenters. The minimum atomic E-state index is -4.74. The number of nitrogens with zero attached hydrogens (tertiary/aromatic N) is 2. The molecule has 2 heterocycles. The molecule has 2 aliphatic rings. The molecular weight excluding hydrogens is 642 g/mol. The Kier molecular flexibility index (Phi) is 8.71. The molecular formula is C35H30F6N2O5. The number of benzene rings is 2. The van der Waals surface area contributed by atoms with Crippen LogP contribution >= 0.6 is 0 Å². The summed E-state index contributed by atoms with van der Waals surface area (Å²) in [6.45, 7) is 0. The minimum Gasteiger partial charge on any atom is -0.439 e. The zero-order chi connectivity index (χ0) is 34.3. The van der Waals surface area contributed by atoms with Crippen molar-refractivity contribution in [2.45, 2.75) is 73.9 Å². The molecule has 13 heteroatoms. The second-order valence-corrected chi connectivity index (χ2v) is 12.3. The molecule has 252 valence electrons. The van der Waals surface area contributed by atoms with Crippen molar-refractivity contribution in [3.63, 3.8) is 0 Å². The number of hydrogen-bond donors (Lipinski definition) is 2. The van der Waals surface area contributed by atoms with Gasteiger partial charge < -0.3 is 19.7 Å². The zero-order valence-corrected chi connectivity index (χ0v) is 25.3. The lowest BCUT2D eigenvalue weighted by atomic mass is 9.95. The van der Waals surface area contributed by atoms with Gasteiger partial charge in [-0.2, -0.15) is 26.3 Å². The molecule has 4 atom stereocenters. The largest absolute Gasteiger partial charge is 0.439 e. The number of pyridine rings is 2. The highest BCUT2D eigenvalue weighted by Gasteiger charge is 2.58. The van der Waals surface area contributed by atoms with E-state index in [2.05, 4.69) is 9.97 Å². The van der Waals surface area contributed by atoms with Crippen LogP contribution in [0.15, 0.2) is 85.2 Å². The summed E-state index contributed by atoms with van der Waals surface area (Å²) in [5, 5.41) is 20.2. The van der Waals surface area contributed by atoms with Crippen LogP contribution in [0.2, 0.25) is 0 Å². The molecule has 0 spiro atoms. The predicted molar refractivity (Wildman–Crippen MR) is 160 cm³/mol. The summed E-state index contributed by atoms with van der Waals surface area (Å²) in [4.78, 5) is 21.6. The summed E-state index contributed by atoms with van der Waals surface area (Å²) in [6.07, 6.45) is -8.17. The van der Waals surface area contributed by atoms with Crippen LogP contribution in [0.25, 0.3) is 0 Å². The Morgan fingerprint density at radius 3 is 1.35 bits per heavy atom. The Labute approximate surface area is 271 Å². The zero-order valence-electron chi connectivity index (χ0n) is 25.3. The first-order valence-corrected chi connectivity index (χ1v) is 15.2. The van der Waals surface area contributed by atoms with E-state index >= 15 is 0 Å². The summed E-state index contributed by atoms with van der Waals surface area (Å²) >= 11 is 0. The molecule has 2 N–H and O–H groups in total. The van der Waals surface area contributed by atoms with E-state index < -0.39 is 61.1 Å². The van der Waals surface area contributed by atoms with E-state index in [0.29, 0.717) is 33.8 Å². The second kappa shape index (κ2) is 12.5. The number of aliphatic hydroxyl groups is 2. The van der Waals surface area contributed by atoms with Crippen LogP contribution in [0.5, 0.6) is 23.3 Å². The minimum absolute atomic E-state index is 0.114. The van der Waals surface area contributed by atoms with Crippen molar-refractivity contribution in [2.24, 2.45) is 0 Å². The van der Waals surface area contributed by atoms with Crippen molar-refractivity contribution in [2.75, 3.05) is 0 Å². The summed E-state index contributed by atoms with van der Waals surface area (Å²) in [7, 11) is 0. The van der Waals surface area contributed by atoms with E-state index in [1.807, 2.05) is 0 Å². The van der Waals surface area contributed by atoms with Crippen LogP contribution in [-0.4, -0.2) is 49.5 Å². The van der Waals surface area contributed by atoms with E-state index in [0.717, 1.165) is 0 Å². The van der Waals surface area contributed by atoms with Crippen molar-refractivity contribution in [3.8, 4) is 23.3 Å². The maximum absolute atomic E-state index is 13.4. The molecule has 7 nitrogen and oxygen atoms in total. The average Bonchev–Trinajstić information content (AvgIpc) is 3.66. The Morgan fingerprint density at radius 1 is 0.646 bits per heavy atom. The number of alkyl halides is 6. The molecule has 48 heavy (non-hydrogen) atoms. The molecule has 0 aliphatic heterocycles. The van der Waals surface area contributed by atoms with Gasteiger partial charge in [-0.1, -0.05) is 12.1 Å². The average molecular weight is 673 g/mol. The van der Waals surface area contributed by atoms with E-state index in [9.17, 15) is 41.4 Å². The van der Waals surface area contributed by atoms with E-state index in [1.165, 1.54) is 60.9 Å². The molecule has 0 saturated heterocycles. The normalized spacial score (nSPS) is 24.4. The maximum atomic E-state index is 13.4. The summed E-state index contributed by atoms with van der Waals surface area (Å²) < 4.78 is 92.0. The molecule has 2 aliphatic carbocycles. The fourth-order valence-electron chi connectivity index (χ4n) is 6.43. The van der Waals surface area contributed by atoms with Crippen molar-refractivity contribution in [3.05, 3.63) is 107 Å². The van der Waals surface area contributed by atoms with E-state index in [1.54, 1.807) is 24.3 Å². The SMILES string of the molecule is O=C(c1ccc(Oc2ncccc2[C@H]2CC[C@@](O)(C(F)(F)F)C2)cc1)c1ccc(Oc2ncccc2[C@H]2CC[C@@](O)(C(F)(F)F)C2)cc1. The Bertz CT molecular complexity index is 1650. The molecule has 2 saturated carbocycles. The number of carbonyl (C=O) groups is 1. The van der Waals surface area contributed by atoms with Gasteiger partial charge in [0.2, 0.25) is 11.8 Å². The number of ketones is 1. The third kappa shape index (κ3) is 6.61. The Morgan fingerprint density at radius 2 is 1.02 bits per heavy atom. The number of rotatable bonds is 8. The lowest BCUT2D eigenvalue weighted by molar-refractivity contribution is -0.257.